The number of hydrogen-bond donors (Lipinski definition) is 1. The molecule has 0 spiro atoms. The number of aliphatic hydroxyl groups excluding tert-OH is 1. The first kappa shape index (κ1) is 16.1. The van der Waals surface area contributed by atoms with Gasteiger partial charge in [-0.2, -0.15) is 0 Å². The average Bonchev–Trinajstić information content (AvgIpc) is 2.35. The first-order valence-electron chi connectivity index (χ1n) is 5.63. The second-order valence-corrected chi connectivity index (χ2v) is 3.18. The van der Waals surface area contributed by atoms with Crippen LogP contribution < -0.4 is 0 Å². The fraction of sp³-hybridized carbons (Fsp3) is 0.538. The molecule has 0 atom stereocenters. The summed E-state index contributed by atoms with van der Waals surface area (Å²) in [6, 6.07) is 0. The van der Waals surface area contributed by atoms with Gasteiger partial charge in [-0.3, -0.25) is 0 Å². The third-order valence-corrected chi connectivity index (χ3v) is 1.84. The van der Waals surface area contributed by atoms with Gasteiger partial charge in [0.1, 0.15) is 0 Å². The summed E-state index contributed by atoms with van der Waals surface area (Å²) in [6.07, 6.45) is 5.30. The fourth-order valence-corrected chi connectivity index (χ4v) is 1.02. The maximum absolute atomic E-state index is 8.45. The minimum atomic E-state index is 0.0447. The molecule has 0 heterocycles. The van der Waals surface area contributed by atoms with Crippen LogP contribution >= 0.6 is 0 Å². The number of ether oxygens (including phenoxy) is 3. The van der Waals surface area contributed by atoms with Gasteiger partial charge in [-0.1, -0.05) is 31.4 Å². The summed E-state index contributed by atoms with van der Waals surface area (Å²) < 4.78 is 15.7. The molecule has 1 N–H and O–H groups in total. The summed E-state index contributed by atoms with van der Waals surface area (Å²) in [6.45, 7) is 10.3. The molecule has 0 aromatic rings. The van der Waals surface area contributed by atoms with Gasteiger partial charge < -0.3 is 19.3 Å². The van der Waals surface area contributed by atoms with Crippen LogP contribution in [-0.4, -0.2) is 51.4 Å². The maximum Gasteiger partial charge on any atom is 0.0717 e. The average molecular weight is 242 g/mol. The van der Waals surface area contributed by atoms with Crippen molar-refractivity contribution < 1.29 is 19.3 Å². The molecule has 0 aromatic carbocycles. The first-order valence-corrected chi connectivity index (χ1v) is 5.63. The topological polar surface area (TPSA) is 47.9 Å². The zero-order valence-corrected chi connectivity index (χ0v) is 10.3. The molecule has 0 rings (SSSR count). The third-order valence-electron chi connectivity index (χ3n) is 1.84. The van der Waals surface area contributed by atoms with E-state index in [-0.39, 0.29) is 6.61 Å². The molecular weight excluding hydrogens is 220 g/mol. The minimum absolute atomic E-state index is 0.0447. The van der Waals surface area contributed by atoms with Gasteiger partial charge in [0.15, 0.2) is 0 Å². The van der Waals surface area contributed by atoms with Gasteiger partial charge in [0.2, 0.25) is 0 Å². The van der Waals surface area contributed by atoms with Crippen molar-refractivity contribution in [3.63, 3.8) is 0 Å². The molecule has 0 aliphatic heterocycles. The van der Waals surface area contributed by atoms with Crippen molar-refractivity contribution in [2.24, 2.45) is 0 Å². The molecule has 0 saturated carbocycles. The molecule has 98 valence electrons. The normalized spacial score (nSPS) is 11.5. The van der Waals surface area contributed by atoms with E-state index in [4.69, 9.17) is 19.3 Å². The molecule has 0 saturated heterocycles. The van der Waals surface area contributed by atoms with Crippen LogP contribution in [0.15, 0.2) is 37.0 Å². The Morgan fingerprint density at radius 3 is 2.06 bits per heavy atom. The van der Waals surface area contributed by atoms with Crippen LogP contribution in [0.2, 0.25) is 0 Å². The minimum Gasteiger partial charge on any atom is -0.394 e. The van der Waals surface area contributed by atoms with Crippen molar-refractivity contribution in [2.45, 2.75) is 0 Å². The van der Waals surface area contributed by atoms with E-state index in [1.807, 2.05) is 6.08 Å². The van der Waals surface area contributed by atoms with Gasteiger partial charge in [-0.15, -0.1) is 0 Å². The monoisotopic (exact) mass is 242 g/mol. The van der Waals surface area contributed by atoms with E-state index in [9.17, 15) is 0 Å². The van der Waals surface area contributed by atoms with Crippen LogP contribution in [0.25, 0.3) is 0 Å². The lowest BCUT2D eigenvalue weighted by molar-refractivity contribution is 0.0111. The third kappa shape index (κ3) is 11.3. The molecule has 0 aliphatic carbocycles. The van der Waals surface area contributed by atoms with Gasteiger partial charge in [0, 0.05) is 0 Å². The van der Waals surface area contributed by atoms with E-state index in [1.54, 1.807) is 12.2 Å². The predicted molar refractivity (Wildman–Crippen MR) is 68.0 cm³/mol. The van der Waals surface area contributed by atoms with Crippen molar-refractivity contribution >= 4 is 0 Å². The number of rotatable bonds is 12. The second kappa shape index (κ2) is 13.1. The van der Waals surface area contributed by atoms with Crippen LogP contribution in [0, 0.1) is 0 Å². The van der Waals surface area contributed by atoms with E-state index >= 15 is 0 Å². The van der Waals surface area contributed by atoms with Gasteiger partial charge >= 0.3 is 0 Å². The SMILES string of the molecule is C=C/C=C(\C=C)COCCOCCOCCO. The largest absolute Gasteiger partial charge is 0.394 e. The van der Waals surface area contributed by atoms with Crippen LogP contribution in [0.3, 0.4) is 0 Å². The lowest BCUT2D eigenvalue weighted by Crippen LogP contribution is -2.11. The Bertz CT molecular complexity index is 223. The van der Waals surface area contributed by atoms with E-state index in [1.165, 1.54) is 0 Å². The highest BCUT2D eigenvalue weighted by atomic mass is 16.5. The molecular formula is C13H22O4. The van der Waals surface area contributed by atoms with E-state index in [0.717, 1.165) is 5.57 Å². The highest BCUT2D eigenvalue weighted by molar-refractivity contribution is 5.21. The number of allylic oxidation sites excluding steroid dienone is 2. The van der Waals surface area contributed by atoms with E-state index in [2.05, 4.69) is 13.2 Å². The molecule has 0 unspecified atom stereocenters. The Kier molecular flexibility index (Phi) is 12.4. The van der Waals surface area contributed by atoms with Crippen molar-refractivity contribution in [2.75, 3.05) is 46.2 Å². The quantitative estimate of drug-likeness (QED) is 0.414. The van der Waals surface area contributed by atoms with Crippen LogP contribution in [-0.2, 0) is 14.2 Å². The molecule has 0 radical (unpaired) electrons. The molecule has 0 amide bonds. The Balaban J connectivity index is 3.25. The van der Waals surface area contributed by atoms with Crippen LogP contribution in [0.4, 0.5) is 0 Å². The highest BCUT2D eigenvalue weighted by Gasteiger charge is 1.93. The van der Waals surface area contributed by atoms with Gasteiger partial charge in [-0.05, 0) is 5.57 Å². The summed E-state index contributed by atoms with van der Waals surface area (Å²) in [5.41, 5.74) is 0.992. The van der Waals surface area contributed by atoms with Crippen LogP contribution in [0.1, 0.15) is 0 Å². The molecule has 0 fully saturated rings. The van der Waals surface area contributed by atoms with Gasteiger partial charge in [0.25, 0.3) is 0 Å². The Morgan fingerprint density at radius 2 is 1.53 bits per heavy atom. The summed E-state index contributed by atoms with van der Waals surface area (Å²) in [4.78, 5) is 0. The summed E-state index contributed by atoms with van der Waals surface area (Å²) in [5.74, 6) is 0. The Labute approximate surface area is 103 Å². The Hall–Kier alpha value is -0.940. The molecule has 0 aromatic heterocycles. The Morgan fingerprint density at radius 1 is 0.941 bits per heavy atom. The lowest BCUT2D eigenvalue weighted by Gasteiger charge is -2.06. The van der Waals surface area contributed by atoms with E-state index < -0.39 is 0 Å². The van der Waals surface area contributed by atoms with E-state index in [0.29, 0.717) is 39.6 Å². The summed E-state index contributed by atoms with van der Waals surface area (Å²) in [5, 5.41) is 8.45. The summed E-state index contributed by atoms with van der Waals surface area (Å²) in [7, 11) is 0. The van der Waals surface area contributed by atoms with Crippen molar-refractivity contribution in [1.29, 1.82) is 0 Å². The number of aliphatic hydroxyl groups is 1. The standard InChI is InChI=1S/C13H22O4/c1-3-5-13(4-2)12-17-11-10-16-9-8-15-7-6-14/h3-5,14H,1-2,6-12H2/b13-5+. The first-order chi connectivity index (χ1) is 8.35. The van der Waals surface area contributed by atoms with Crippen molar-refractivity contribution in [1.82, 2.24) is 0 Å². The maximum atomic E-state index is 8.45. The molecule has 17 heavy (non-hydrogen) atoms. The zero-order chi connectivity index (χ0) is 12.8. The lowest BCUT2D eigenvalue weighted by atomic mass is 10.2. The van der Waals surface area contributed by atoms with Crippen LogP contribution in [0.5, 0.6) is 0 Å². The smallest absolute Gasteiger partial charge is 0.0717 e. The molecule has 0 aliphatic rings. The van der Waals surface area contributed by atoms with Crippen molar-refractivity contribution in [3.05, 3.63) is 37.0 Å². The molecule has 4 nitrogen and oxygen atoms in total. The molecule has 4 heteroatoms. The van der Waals surface area contributed by atoms with Crippen molar-refractivity contribution in [3.8, 4) is 0 Å². The van der Waals surface area contributed by atoms with Gasteiger partial charge in [0.05, 0.1) is 46.2 Å². The molecule has 0 bridgehead atoms. The zero-order valence-electron chi connectivity index (χ0n) is 10.3. The fourth-order valence-electron chi connectivity index (χ4n) is 1.02. The number of hydrogen-bond acceptors (Lipinski definition) is 4. The second-order valence-electron chi connectivity index (χ2n) is 3.18. The van der Waals surface area contributed by atoms with Gasteiger partial charge in [-0.25, -0.2) is 0 Å². The highest BCUT2D eigenvalue weighted by Crippen LogP contribution is 1.96. The summed E-state index contributed by atoms with van der Waals surface area (Å²) >= 11 is 0. The predicted octanol–water partition coefficient (Wildman–Crippen LogP) is 1.33.